The van der Waals surface area contributed by atoms with Gasteiger partial charge in [-0.15, -0.1) is 0 Å². The van der Waals surface area contributed by atoms with Crippen LogP contribution in [0, 0.1) is 0 Å². The highest BCUT2D eigenvalue weighted by Gasteiger charge is 2.25. The number of ether oxygens (including phenoxy) is 1. The van der Waals surface area contributed by atoms with Gasteiger partial charge in [-0.3, -0.25) is 0 Å². The second-order valence-corrected chi connectivity index (χ2v) is 5.31. The Labute approximate surface area is 119 Å². The fourth-order valence-electron chi connectivity index (χ4n) is 2.30. The highest BCUT2D eigenvalue weighted by Crippen LogP contribution is 2.35. The van der Waals surface area contributed by atoms with Crippen molar-refractivity contribution in [3.8, 4) is 5.75 Å². The van der Waals surface area contributed by atoms with E-state index < -0.39 is 0 Å². The van der Waals surface area contributed by atoms with Gasteiger partial charge in [-0.05, 0) is 37.0 Å². The van der Waals surface area contributed by atoms with Crippen LogP contribution in [0.25, 0.3) is 0 Å². The fourth-order valence-corrected chi connectivity index (χ4v) is 2.30. The van der Waals surface area contributed by atoms with Crippen LogP contribution in [-0.4, -0.2) is 14.7 Å². The molecule has 1 atom stereocenters. The van der Waals surface area contributed by atoms with Gasteiger partial charge in [0.05, 0.1) is 24.3 Å². The highest BCUT2D eigenvalue weighted by atomic mass is 16.5. The zero-order valence-electron chi connectivity index (χ0n) is 11.7. The average Bonchev–Trinajstić information content (AvgIpc) is 3.23. The molecule has 1 unspecified atom stereocenters. The highest BCUT2D eigenvalue weighted by molar-refractivity contribution is 5.28. The van der Waals surface area contributed by atoms with Crippen LogP contribution in [-0.2, 0) is 6.61 Å². The summed E-state index contributed by atoms with van der Waals surface area (Å²) in [6.07, 6.45) is 6.58. The van der Waals surface area contributed by atoms with E-state index in [4.69, 9.17) is 4.74 Å². The summed E-state index contributed by atoms with van der Waals surface area (Å²) < 4.78 is 8.00. The van der Waals surface area contributed by atoms with E-state index in [0.717, 1.165) is 23.4 Å². The van der Waals surface area contributed by atoms with Crippen molar-refractivity contribution in [2.45, 2.75) is 44.9 Å². The molecule has 1 saturated carbocycles. The van der Waals surface area contributed by atoms with Crippen LogP contribution in [0.4, 0.5) is 0 Å². The van der Waals surface area contributed by atoms with Gasteiger partial charge >= 0.3 is 0 Å². The second-order valence-electron chi connectivity index (χ2n) is 5.31. The lowest BCUT2D eigenvalue weighted by molar-refractivity contribution is 0.173. The third kappa shape index (κ3) is 2.85. The van der Waals surface area contributed by atoms with Gasteiger partial charge in [0.1, 0.15) is 12.4 Å². The van der Waals surface area contributed by atoms with Gasteiger partial charge in [0.25, 0.3) is 0 Å². The van der Waals surface area contributed by atoms with Crippen LogP contribution >= 0.6 is 0 Å². The summed E-state index contributed by atoms with van der Waals surface area (Å²) in [4.78, 5) is 4.19. The molecular formula is C16H20N2O2. The van der Waals surface area contributed by atoms with Gasteiger partial charge in [0.2, 0.25) is 0 Å². The molecule has 3 rings (SSSR count). The lowest BCUT2D eigenvalue weighted by Crippen LogP contribution is -2.03. The van der Waals surface area contributed by atoms with E-state index in [1.54, 1.807) is 0 Å². The molecule has 1 heterocycles. The Morgan fingerprint density at radius 3 is 2.75 bits per heavy atom. The number of rotatable bonds is 6. The van der Waals surface area contributed by atoms with Gasteiger partial charge in [-0.1, -0.05) is 19.1 Å². The second kappa shape index (κ2) is 5.67. The molecule has 106 valence electrons. The summed E-state index contributed by atoms with van der Waals surface area (Å²) in [6, 6.07) is 8.28. The summed E-state index contributed by atoms with van der Waals surface area (Å²) >= 11 is 0. The standard InChI is InChI=1S/C16H20N2O2/c1-2-16(19)12-3-7-15(8-4-12)20-10-14-9-17-11-18(14)13-5-6-13/h3-4,7-9,11,13,16,19H,2,5-6,10H2,1H3. The maximum absolute atomic E-state index is 9.75. The molecule has 1 aromatic carbocycles. The summed E-state index contributed by atoms with van der Waals surface area (Å²) in [5.74, 6) is 0.820. The number of benzene rings is 1. The normalized spacial score (nSPS) is 16.1. The monoisotopic (exact) mass is 272 g/mol. The molecule has 0 aliphatic heterocycles. The third-order valence-corrected chi connectivity index (χ3v) is 3.72. The maximum atomic E-state index is 9.75. The smallest absolute Gasteiger partial charge is 0.130 e. The number of hydrogen-bond donors (Lipinski definition) is 1. The number of aromatic nitrogens is 2. The number of imidazole rings is 1. The molecule has 1 N–H and O–H groups in total. The van der Waals surface area contributed by atoms with Crippen molar-refractivity contribution in [3.63, 3.8) is 0 Å². The summed E-state index contributed by atoms with van der Waals surface area (Å²) in [6.45, 7) is 2.50. The van der Waals surface area contributed by atoms with Gasteiger partial charge in [-0.25, -0.2) is 4.98 Å². The zero-order chi connectivity index (χ0) is 13.9. The predicted octanol–water partition coefficient (Wildman–Crippen LogP) is 3.24. The van der Waals surface area contributed by atoms with Gasteiger partial charge in [-0.2, -0.15) is 0 Å². The number of aliphatic hydroxyl groups excluding tert-OH is 1. The minimum absolute atomic E-state index is 0.389. The van der Waals surface area contributed by atoms with E-state index in [2.05, 4.69) is 9.55 Å². The molecule has 0 spiro atoms. The lowest BCUT2D eigenvalue weighted by atomic mass is 10.1. The molecule has 1 aliphatic carbocycles. The molecule has 4 nitrogen and oxygen atoms in total. The van der Waals surface area contributed by atoms with Crippen molar-refractivity contribution < 1.29 is 9.84 Å². The topological polar surface area (TPSA) is 47.3 Å². The Balaban J connectivity index is 1.61. The van der Waals surface area contributed by atoms with E-state index in [-0.39, 0.29) is 6.10 Å². The van der Waals surface area contributed by atoms with Crippen molar-refractivity contribution in [3.05, 3.63) is 48.0 Å². The average molecular weight is 272 g/mol. The first-order chi connectivity index (χ1) is 9.78. The number of nitrogens with zero attached hydrogens (tertiary/aromatic N) is 2. The van der Waals surface area contributed by atoms with E-state index in [0.29, 0.717) is 12.6 Å². The van der Waals surface area contributed by atoms with Gasteiger partial charge in [0.15, 0.2) is 0 Å². The minimum Gasteiger partial charge on any atom is -0.487 e. The molecule has 1 aliphatic rings. The summed E-state index contributed by atoms with van der Waals surface area (Å²) in [5.41, 5.74) is 2.05. The molecule has 1 fully saturated rings. The molecule has 20 heavy (non-hydrogen) atoms. The molecule has 0 amide bonds. The number of aliphatic hydroxyl groups is 1. The van der Waals surface area contributed by atoms with Gasteiger partial charge in [0, 0.05) is 6.04 Å². The summed E-state index contributed by atoms with van der Waals surface area (Å²) in [7, 11) is 0. The van der Waals surface area contributed by atoms with Crippen LogP contribution in [0.5, 0.6) is 5.75 Å². The molecule has 0 saturated heterocycles. The first-order valence-electron chi connectivity index (χ1n) is 7.19. The SMILES string of the molecule is CCC(O)c1ccc(OCc2cncn2C2CC2)cc1. The molecule has 0 bridgehead atoms. The van der Waals surface area contributed by atoms with Crippen molar-refractivity contribution in [2.75, 3.05) is 0 Å². The molecule has 2 aromatic rings. The summed E-state index contributed by atoms with van der Waals surface area (Å²) in [5, 5.41) is 9.75. The third-order valence-electron chi connectivity index (χ3n) is 3.72. The largest absolute Gasteiger partial charge is 0.487 e. The Hall–Kier alpha value is -1.81. The Morgan fingerprint density at radius 2 is 2.10 bits per heavy atom. The van der Waals surface area contributed by atoms with Gasteiger partial charge < -0.3 is 14.4 Å². The van der Waals surface area contributed by atoms with Crippen LogP contribution in [0.15, 0.2) is 36.8 Å². The molecular weight excluding hydrogens is 252 g/mol. The van der Waals surface area contributed by atoms with Crippen molar-refractivity contribution >= 4 is 0 Å². The van der Waals surface area contributed by atoms with Crippen LogP contribution in [0.1, 0.15) is 49.6 Å². The van der Waals surface area contributed by atoms with Crippen molar-refractivity contribution in [2.24, 2.45) is 0 Å². The maximum Gasteiger partial charge on any atom is 0.130 e. The minimum atomic E-state index is -0.389. The Kier molecular flexibility index (Phi) is 3.74. The molecule has 1 aromatic heterocycles. The van der Waals surface area contributed by atoms with E-state index in [9.17, 15) is 5.11 Å². The molecule has 0 radical (unpaired) electrons. The molecule has 4 heteroatoms. The van der Waals surface area contributed by atoms with E-state index in [1.807, 2.05) is 43.7 Å². The quantitative estimate of drug-likeness (QED) is 0.878. The van der Waals surface area contributed by atoms with Crippen molar-refractivity contribution in [1.82, 2.24) is 9.55 Å². The van der Waals surface area contributed by atoms with Crippen LogP contribution in [0.2, 0.25) is 0 Å². The first kappa shape index (κ1) is 13.2. The Morgan fingerprint density at radius 1 is 1.35 bits per heavy atom. The zero-order valence-corrected chi connectivity index (χ0v) is 11.7. The number of hydrogen-bond acceptors (Lipinski definition) is 3. The van der Waals surface area contributed by atoms with E-state index in [1.165, 1.54) is 12.8 Å². The van der Waals surface area contributed by atoms with Crippen LogP contribution < -0.4 is 4.74 Å². The fraction of sp³-hybridized carbons (Fsp3) is 0.438. The van der Waals surface area contributed by atoms with Crippen LogP contribution in [0.3, 0.4) is 0 Å². The van der Waals surface area contributed by atoms with E-state index >= 15 is 0 Å². The first-order valence-corrected chi connectivity index (χ1v) is 7.19. The predicted molar refractivity (Wildman–Crippen MR) is 76.5 cm³/mol. The van der Waals surface area contributed by atoms with Crippen molar-refractivity contribution in [1.29, 1.82) is 0 Å². The Bertz CT molecular complexity index is 558. The lowest BCUT2D eigenvalue weighted by Gasteiger charge is -2.11.